The summed E-state index contributed by atoms with van der Waals surface area (Å²) in [7, 11) is 0. The molecule has 4 heteroatoms. The number of likely N-dealkylation sites (tertiary alicyclic amines) is 1. The van der Waals surface area contributed by atoms with Crippen molar-refractivity contribution in [3.05, 3.63) is 34.6 Å². The monoisotopic (exact) mass is 272 g/mol. The Balaban J connectivity index is 2.08. The first-order valence-corrected chi connectivity index (χ1v) is 7.03. The maximum Gasteiger partial charge on any atom is 0.289 e. The SMILES string of the molecule is Cc1ccc(C)c2c(C)c(C(=O)N3CC[C@@H](N)C3)oc12. The first kappa shape index (κ1) is 13.2. The van der Waals surface area contributed by atoms with Crippen molar-refractivity contribution >= 4 is 16.9 Å². The standard InChI is InChI=1S/C16H20N2O2/c1-9-4-5-10(2)14-13(9)11(3)15(20-14)16(19)18-7-6-12(17)8-18/h4-5,12H,6-8,17H2,1-3H3/t12-/m1/s1. The molecule has 2 heterocycles. The van der Waals surface area contributed by atoms with Gasteiger partial charge in [-0.05, 0) is 38.3 Å². The molecule has 3 rings (SSSR count). The van der Waals surface area contributed by atoms with Crippen LogP contribution in [0.25, 0.3) is 11.0 Å². The van der Waals surface area contributed by atoms with Gasteiger partial charge in [-0.15, -0.1) is 0 Å². The zero-order chi connectivity index (χ0) is 14.4. The molecule has 1 amide bonds. The molecule has 1 aromatic heterocycles. The van der Waals surface area contributed by atoms with E-state index in [1.807, 2.05) is 26.8 Å². The molecular weight excluding hydrogens is 252 g/mol. The van der Waals surface area contributed by atoms with Gasteiger partial charge >= 0.3 is 0 Å². The highest BCUT2D eigenvalue weighted by atomic mass is 16.3. The molecule has 2 N–H and O–H groups in total. The molecule has 2 aromatic rings. The van der Waals surface area contributed by atoms with Crippen LogP contribution in [0.5, 0.6) is 0 Å². The van der Waals surface area contributed by atoms with Gasteiger partial charge in [0.05, 0.1) is 0 Å². The molecule has 0 unspecified atom stereocenters. The van der Waals surface area contributed by atoms with E-state index in [9.17, 15) is 4.79 Å². The van der Waals surface area contributed by atoms with Crippen molar-refractivity contribution in [2.24, 2.45) is 5.73 Å². The van der Waals surface area contributed by atoms with Crippen molar-refractivity contribution < 1.29 is 9.21 Å². The van der Waals surface area contributed by atoms with Crippen LogP contribution >= 0.6 is 0 Å². The molecule has 20 heavy (non-hydrogen) atoms. The van der Waals surface area contributed by atoms with Crippen molar-refractivity contribution in [2.75, 3.05) is 13.1 Å². The number of benzene rings is 1. The molecule has 1 saturated heterocycles. The summed E-state index contributed by atoms with van der Waals surface area (Å²) in [6, 6.07) is 4.19. The third-order valence-corrected chi connectivity index (χ3v) is 4.19. The van der Waals surface area contributed by atoms with Gasteiger partial charge in [-0.25, -0.2) is 0 Å². The number of rotatable bonds is 1. The number of furan rings is 1. The molecule has 1 aliphatic heterocycles. The number of amides is 1. The van der Waals surface area contributed by atoms with Crippen LogP contribution in [0.4, 0.5) is 0 Å². The van der Waals surface area contributed by atoms with Crippen LogP contribution in [0.1, 0.15) is 33.7 Å². The van der Waals surface area contributed by atoms with Crippen LogP contribution in [-0.2, 0) is 0 Å². The zero-order valence-electron chi connectivity index (χ0n) is 12.2. The van der Waals surface area contributed by atoms with Crippen LogP contribution < -0.4 is 5.73 Å². The van der Waals surface area contributed by atoms with Gasteiger partial charge in [0.1, 0.15) is 5.58 Å². The Morgan fingerprint density at radius 3 is 2.60 bits per heavy atom. The molecule has 0 bridgehead atoms. The molecule has 0 radical (unpaired) electrons. The first-order chi connectivity index (χ1) is 9.49. The summed E-state index contributed by atoms with van der Waals surface area (Å²) in [5.41, 5.74) is 9.85. The van der Waals surface area contributed by atoms with Crippen LogP contribution in [0.2, 0.25) is 0 Å². The highest BCUT2D eigenvalue weighted by Crippen LogP contribution is 2.31. The topological polar surface area (TPSA) is 59.5 Å². The fourth-order valence-corrected chi connectivity index (χ4v) is 2.99. The van der Waals surface area contributed by atoms with E-state index >= 15 is 0 Å². The molecular formula is C16H20N2O2. The maximum absolute atomic E-state index is 12.6. The molecule has 1 fully saturated rings. The van der Waals surface area contributed by atoms with E-state index in [0.717, 1.165) is 34.1 Å². The molecule has 4 nitrogen and oxygen atoms in total. The minimum absolute atomic E-state index is 0.0366. The largest absolute Gasteiger partial charge is 0.450 e. The van der Waals surface area contributed by atoms with Crippen molar-refractivity contribution in [1.29, 1.82) is 0 Å². The highest BCUT2D eigenvalue weighted by molar-refractivity contribution is 6.00. The summed E-state index contributed by atoms with van der Waals surface area (Å²) in [6.45, 7) is 7.35. The van der Waals surface area contributed by atoms with Crippen molar-refractivity contribution in [2.45, 2.75) is 33.2 Å². The number of nitrogens with two attached hydrogens (primary N) is 1. The minimum atomic E-state index is -0.0366. The average Bonchev–Trinajstić information content (AvgIpc) is 2.98. The maximum atomic E-state index is 12.6. The summed E-state index contributed by atoms with van der Waals surface area (Å²) in [6.07, 6.45) is 0.864. The van der Waals surface area contributed by atoms with E-state index in [1.54, 1.807) is 4.90 Å². The second-order valence-corrected chi connectivity index (χ2v) is 5.76. The molecule has 1 atom stereocenters. The van der Waals surface area contributed by atoms with E-state index in [-0.39, 0.29) is 11.9 Å². The Kier molecular flexibility index (Phi) is 3.05. The van der Waals surface area contributed by atoms with Gasteiger partial charge in [0.15, 0.2) is 5.76 Å². The number of carbonyl (C=O) groups excluding carboxylic acids is 1. The first-order valence-electron chi connectivity index (χ1n) is 7.03. The van der Waals surface area contributed by atoms with E-state index < -0.39 is 0 Å². The molecule has 106 valence electrons. The Morgan fingerprint density at radius 2 is 2.00 bits per heavy atom. The lowest BCUT2D eigenvalue weighted by molar-refractivity contribution is 0.0760. The van der Waals surface area contributed by atoms with Gasteiger partial charge in [0.25, 0.3) is 5.91 Å². The Bertz CT molecular complexity index is 687. The molecule has 1 aromatic carbocycles. The summed E-state index contributed by atoms with van der Waals surface area (Å²) in [5, 5.41) is 1.07. The van der Waals surface area contributed by atoms with E-state index in [2.05, 4.69) is 6.07 Å². The number of aryl methyl sites for hydroxylation is 3. The van der Waals surface area contributed by atoms with Crippen molar-refractivity contribution in [3.8, 4) is 0 Å². The number of hydrogen-bond donors (Lipinski definition) is 1. The van der Waals surface area contributed by atoms with Crippen LogP contribution in [0.15, 0.2) is 16.5 Å². The number of nitrogens with zero attached hydrogens (tertiary/aromatic N) is 1. The van der Waals surface area contributed by atoms with E-state index in [1.165, 1.54) is 0 Å². The summed E-state index contributed by atoms with van der Waals surface area (Å²) in [4.78, 5) is 14.4. The average molecular weight is 272 g/mol. The van der Waals surface area contributed by atoms with Gasteiger partial charge in [0, 0.05) is 30.1 Å². The van der Waals surface area contributed by atoms with Crippen molar-refractivity contribution in [3.63, 3.8) is 0 Å². The molecule has 1 aliphatic rings. The highest BCUT2D eigenvalue weighted by Gasteiger charge is 2.29. The van der Waals surface area contributed by atoms with Gasteiger partial charge in [-0.1, -0.05) is 12.1 Å². The lowest BCUT2D eigenvalue weighted by atomic mass is 10.0. The smallest absolute Gasteiger partial charge is 0.289 e. The zero-order valence-corrected chi connectivity index (χ0v) is 12.2. The van der Waals surface area contributed by atoms with E-state index in [4.69, 9.17) is 10.2 Å². The Morgan fingerprint density at radius 1 is 1.30 bits per heavy atom. The number of fused-ring (bicyclic) bond motifs is 1. The lowest BCUT2D eigenvalue weighted by Gasteiger charge is -2.14. The second kappa shape index (κ2) is 4.63. The number of hydrogen-bond acceptors (Lipinski definition) is 3. The quantitative estimate of drug-likeness (QED) is 0.867. The summed E-state index contributed by atoms with van der Waals surface area (Å²) in [5.74, 6) is 0.428. The predicted octanol–water partition coefficient (Wildman–Crippen LogP) is 2.53. The molecule has 0 saturated carbocycles. The van der Waals surface area contributed by atoms with Gasteiger partial charge in [0.2, 0.25) is 0 Å². The van der Waals surface area contributed by atoms with Gasteiger partial charge in [-0.2, -0.15) is 0 Å². The summed E-state index contributed by atoms with van der Waals surface area (Å²) >= 11 is 0. The van der Waals surface area contributed by atoms with Crippen LogP contribution in [0, 0.1) is 20.8 Å². The minimum Gasteiger partial charge on any atom is -0.450 e. The van der Waals surface area contributed by atoms with Crippen molar-refractivity contribution in [1.82, 2.24) is 4.90 Å². The fourth-order valence-electron chi connectivity index (χ4n) is 2.99. The van der Waals surface area contributed by atoms with E-state index in [0.29, 0.717) is 18.8 Å². The Hall–Kier alpha value is -1.81. The lowest BCUT2D eigenvalue weighted by Crippen LogP contribution is -2.31. The predicted molar refractivity (Wildman–Crippen MR) is 78.9 cm³/mol. The normalized spacial score (nSPS) is 19.0. The van der Waals surface area contributed by atoms with Crippen LogP contribution in [0.3, 0.4) is 0 Å². The summed E-state index contributed by atoms with van der Waals surface area (Å²) < 4.78 is 5.89. The van der Waals surface area contributed by atoms with Crippen LogP contribution in [-0.4, -0.2) is 29.9 Å². The third-order valence-electron chi connectivity index (χ3n) is 4.19. The fraction of sp³-hybridized carbons (Fsp3) is 0.438. The molecule has 0 aliphatic carbocycles. The third kappa shape index (κ3) is 1.91. The Labute approximate surface area is 118 Å². The van der Waals surface area contributed by atoms with Gasteiger partial charge in [-0.3, -0.25) is 4.79 Å². The second-order valence-electron chi connectivity index (χ2n) is 5.76. The number of carbonyl (C=O) groups is 1. The molecule has 0 spiro atoms. The van der Waals surface area contributed by atoms with Gasteiger partial charge < -0.3 is 15.1 Å².